The van der Waals surface area contributed by atoms with Crippen LogP contribution in [0.2, 0.25) is 0 Å². The van der Waals surface area contributed by atoms with Crippen LogP contribution in [0.15, 0.2) is 11.8 Å². The van der Waals surface area contributed by atoms with Crippen LogP contribution >= 0.6 is 0 Å². The second-order valence-electron chi connectivity index (χ2n) is 4.41. The lowest BCUT2D eigenvalue weighted by Crippen LogP contribution is -2.47. The second-order valence-corrected chi connectivity index (χ2v) is 4.41. The molecule has 4 heteroatoms. The number of ether oxygens (including phenoxy) is 2. The molecule has 1 saturated heterocycles. The van der Waals surface area contributed by atoms with Gasteiger partial charge in [-0.3, -0.25) is 11.3 Å². The summed E-state index contributed by atoms with van der Waals surface area (Å²) >= 11 is 0. The average Bonchev–Trinajstić information content (AvgIpc) is 2.68. The number of nitrogens with two attached hydrogens (primary N) is 1. The van der Waals surface area contributed by atoms with Gasteiger partial charge in [-0.15, -0.1) is 0 Å². The molecule has 0 aliphatic carbocycles. The topological polar surface area (TPSA) is 56.5 Å². The summed E-state index contributed by atoms with van der Waals surface area (Å²) in [7, 11) is 0. The van der Waals surface area contributed by atoms with Crippen molar-refractivity contribution in [3.63, 3.8) is 0 Å². The van der Waals surface area contributed by atoms with Gasteiger partial charge in [0, 0.05) is 6.61 Å². The van der Waals surface area contributed by atoms with E-state index >= 15 is 0 Å². The zero-order valence-electron chi connectivity index (χ0n) is 9.24. The summed E-state index contributed by atoms with van der Waals surface area (Å²) in [6.07, 6.45) is 5.30. The van der Waals surface area contributed by atoms with Crippen LogP contribution in [0.4, 0.5) is 0 Å². The van der Waals surface area contributed by atoms with Crippen LogP contribution in [-0.4, -0.2) is 25.4 Å². The van der Waals surface area contributed by atoms with Gasteiger partial charge in [-0.2, -0.15) is 0 Å². The first kappa shape index (κ1) is 10.9. The summed E-state index contributed by atoms with van der Waals surface area (Å²) in [6.45, 7) is 3.88. The summed E-state index contributed by atoms with van der Waals surface area (Å²) in [5.41, 5.74) is 4.11. The minimum atomic E-state index is 0.114. The molecule has 0 bridgehead atoms. The third-order valence-corrected chi connectivity index (χ3v) is 3.31. The SMILES string of the molecule is CC1CCOC1C(NN)C1=COCCC1. The van der Waals surface area contributed by atoms with Crippen molar-refractivity contribution in [1.82, 2.24) is 5.43 Å². The molecule has 15 heavy (non-hydrogen) atoms. The van der Waals surface area contributed by atoms with Crippen LogP contribution in [0.3, 0.4) is 0 Å². The summed E-state index contributed by atoms with van der Waals surface area (Å²) in [6, 6.07) is 0.114. The largest absolute Gasteiger partial charge is 0.501 e. The molecule has 2 aliphatic rings. The molecule has 0 radical (unpaired) electrons. The fraction of sp³-hybridized carbons (Fsp3) is 0.818. The van der Waals surface area contributed by atoms with Gasteiger partial charge >= 0.3 is 0 Å². The highest BCUT2D eigenvalue weighted by molar-refractivity contribution is 5.13. The van der Waals surface area contributed by atoms with E-state index < -0.39 is 0 Å². The van der Waals surface area contributed by atoms with E-state index in [-0.39, 0.29) is 12.1 Å². The Morgan fingerprint density at radius 1 is 1.53 bits per heavy atom. The molecule has 3 atom stereocenters. The molecule has 4 nitrogen and oxygen atoms in total. The zero-order chi connectivity index (χ0) is 10.7. The fourth-order valence-electron chi connectivity index (χ4n) is 2.37. The van der Waals surface area contributed by atoms with Crippen molar-refractivity contribution < 1.29 is 9.47 Å². The quantitative estimate of drug-likeness (QED) is 0.540. The Morgan fingerprint density at radius 2 is 2.40 bits per heavy atom. The Hall–Kier alpha value is -0.580. The Labute approximate surface area is 90.8 Å². The minimum absolute atomic E-state index is 0.114. The smallest absolute Gasteiger partial charge is 0.0876 e. The number of rotatable bonds is 3. The molecule has 86 valence electrons. The van der Waals surface area contributed by atoms with Crippen LogP contribution in [0.1, 0.15) is 26.2 Å². The van der Waals surface area contributed by atoms with E-state index in [1.54, 1.807) is 0 Å². The van der Waals surface area contributed by atoms with E-state index in [9.17, 15) is 0 Å². The molecule has 0 spiro atoms. The van der Waals surface area contributed by atoms with Crippen molar-refractivity contribution in [2.45, 2.75) is 38.3 Å². The van der Waals surface area contributed by atoms with Crippen molar-refractivity contribution >= 4 is 0 Å². The highest BCUT2D eigenvalue weighted by atomic mass is 16.5. The van der Waals surface area contributed by atoms with Crippen molar-refractivity contribution in [3.05, 3.63) is 11.8 Å². The lowest BCUT2D eigenvalue weighted by molar-refractivity contribution is 0.0669. The Kier molecular flexibility index (Phi) is 3.61. The van der Waals surface area contributed by atoms with Crippen LogP contribution in [0.25, 0.3) is 0 Å². The monoisotopic (exact) mass is 212 g/mol. The number of hydrogen-bond donors (Lipinski definition) is 2. The van der Waals surface area contributed by atoms with E-state index in [2.05, 4.69) is 12.3 Å². The van der Waals surface area contributed by atoms with Crippen molar-refractivity contribution in [2.24, 2.45) is 11.8 Å². The number of hydrogen-bond acceptors (Lipinski definition) is 4. The highest BCUT2D eigenvalue weighted by Gasteiger charge is 2.34. The van der Waals surface area contributed by atoms with Crippen LogP contribution < -0.4 is 11.3 Å². The summed E-state index contributed by atoms with van der Waals surface area (Å²) < 4.78 is 11.1. The van der Waals surface area contributed by atoms with Crippen molar-refractivity contribution in [1.29, 1.82) is 0 Å². The molecule has 2 heterocycles. The molecule has 0 aromatic heterocycles. The summed E-state index contributed by atoms with van der Waals surface area (Å²) in [5.74, 6) is 6.18. The Balaban J connectivity index is 2.05. The van der Waals surface area contributed by atoms with Gasteiger partial charge in [0.2, 0.25) is 0 Å². The van der Waals surface area contributed by atoms with Gasteiger partial charge in [0.1, 0.15) is 0 Å². The molecule has 2 rings (SSSR count). The maximum atomic E-state index is 5.73. The lowest BCUT2D eigenvalue weighted by atomic mass is 9.91. The molecule has 0 amide bonds. The molecule has 0 aromatic carbocycles. The molecule has 2 aliphatic heterocycles. The third-order valence-electron chi connectivity index (χ3n) is 3.31. The fourth-order valence-corrected chi connectivity index (χ4v) is 2.37. The Bertz CT molecular complexity index is 243. The third kappa shape index (κ3) is 2.33. The molecule has 1 fully saturated rings. The Morgan fingerprint density at radius 3 is 2.93 bits per heavy atom. The van der Waals surface area contributed by atoms with Crippen molar-refractivity contribution in [2.75, 3.05) is 13.2 Å². The molecule has 0 aromatic rings. The van der Waals surface area contributed by atoms with Gasteiger partial charge in [-0.25, -0.2) is 0 Å². The summed E-state index contributed by atoms with van der Waals surface area (Å²) in [4.78, 5) is 0. The molecule has 3 N–H and O–H groups in total. The first-order valence-corrected chi connectivity index (χ1v) is 5.71. The maximum Gasteiger partial charge on any atom is 0.0876 e. The zero-order valence-corrected chi connectivity index (χ0v) is 9.24. The predicted octanol–water partition coefficient (Wildman–Crippen LogP) is 0.938. The first-order valence-electron chi connectivity index (χ1n) is 5.71. The molecule has 0 saturated carbocycles. The average molecular weight is 212 g/mol. The maximum absolute atomic E-state index is 5.73. The summed E-state index contributed by atoms with van der Waals surface area (Å²) in [5, 5.41) is 0. The van der Waals surface area contributed by atoms with E-state index in [0.717, 1.165) is 32.5 Å². The normalized spacial score (nSPS) is 33.3. The molecular formula is C11H20N2O2. The van der Waals surface area contributed by atoms with E-state index in [0.29, 0.717) is 5.92 Å². The van der Waals surface area contributed by atoms with Gasteiger partial charge in [-0.1, -0.05) is 6.92 Å². The minimum Gasteiger partial charge on any atom is -0.501 e. The van der Waals surface area contributed by atoms with E-state index in [1.807, 2.05) is 6.26 Å². The van der Waals surface area contributed by atoms with Gasteiger partial charge in [-0.05, 0) is 30.8 Å². The standard InChI is InChI=1S/C11H20N2O2/c1-8-4-6-15-11(8)10(13-12)9-3-2-5-14-7-9/h7-8,10-11,13H,2-6,12H2,1H3. The highest BCUT2D eigenvalue weighted by Crippen LogP contribution is 2.28. The molecule has 3 unspecified atom stereocenters. The van der Waals surface area contributed by atoms with E-state index in [1.165, 1.54) is 5.57 Å². The van der Waals surface area contributed by atoms with Gasteiger partial charge in [0.25, 0.3) is 0 Å². The van der Waals surface area contributed by atoms with Crippen LogP contribution in [0, 0.1) is 5.92 Å². The van der Waals surface area contributed by atoms with Gasteiger partial charge in [0.15, 0.2) is 0 Å². The second kappa shape index (κ2) is 4.96. The van der Waals surface area contributed by atoms with Crippen LogP contribution in [-0.2, 0) is 9.47 Å². The van der Waals surface area contributed by atoms with Crippen LogP contribution in [0.5, 0.6) is 0 Å². The van der Waals surface area contributed by atoms with Gasteiger partial charge < -0.3 is 9.47 Å². The van der Waals surface area contributed by atoms with E-state index in [4.69, 9.17) is 15.3 Å². The molecular weight excluding hydrogens is 192 g/mol. The first-order chi connectivity index (χ1) is 7.33. The van der Waals surface area contributed by atoms with Gasteiger partial charge in [0.05, 0.1) is 25.0 Å². The number of hydrazine groups is 1. The lowest BCUT2D eigenvalue weighted by Gasteiger charge is -2.29. The number of nitrogens with one attached hydrogen (secondary N) is 1. The van der Waals surface area contributed by atoms with Crippen molar-refractivity contribution in [3.8, 4) is 0 Å². The predicted molar refractivity (Wildman–Crippen MR) is 57.9 cm³/mol.